The molecule has 1 unspecified atom stereocenters. The fourth-order valence-corrected chi connectivity index (χ4v) is 3.18. The number of likely N-dealkylation sites (N-methyl/N-ethyl adjacent to an activating group) is 1. The van der Waals surface area contributed by atoms with Gasteiger partial charge in [0.1, 0.15) is 11.9 Å². The summed E-state index contributed by atoms with van der Waals surface area (Å²) in [5.41, 5.74) is 0.493. The SMILES string of the molecule is CNCCNC(=O)C(C)N=C1NS(=O)(=O)c2ccccc21. The van der Waals surface area contributed by atoms with E-state index in [1.165, 1.54) is 6.07 Å². The minimum Gasteiger partial charge on any atom is -0.353 e. The number of hydrogen-bond donors (Lipinski definition) is 3. The number of rotatable bonds is 5. The van der Waals surface area contributed by atoms with Gasteiger partial charge in [0.15, 0.2) is 0 Å². The van der Waals surface area contributed by atoms with Crippen LogP contribution in [0.5, 0.6) is 0 Å². The lowest BCUT2D eigenvalue weighted by molar-refractivity contribution is -0.121. The van der Waals surface area contributed by atoms with Gasteiger partial charge in [0, 0.05) is 18.7 Å². The average Bonchev–Trinajstić information content (AvgIpc) is 2.71. The predicted molar refractivity (Wildman–Crippen MR) is 79.7 cm³/mol. The molecule has 0 radical (unpaired) electrons. The molecule has 0 bridgehead atoms. The van der Waals surface area contributed by atoms with Crippen molar-refractivity contribution in [2.24, 2.45) is 4.99 Å². The Morgan fingerprint density at radius 3 is 2.76 bits per heavy atom. The molecule has 1 aliphatic rings. The van der Waals surface area contributed by atoms with Crippen LogP contribution >= 0.6 is 0 Å². The van der Waals surface area contributed by atoms with E-state index in [2.05, 4.69) is 20.3 Å². The lowest BCUT2D eigenvalue weighted by Crippen LogP contribution is -2.37. The van der Waals surface area contributed by atoms with Crippen LogP contribution in [-0.2, 0) is 14.8 Å². The van der Waals surface area contributed by atoms with Gasteiger partial charge in [-0.3, -0.25) is 14.5 Å². The molecule has 1 aliphatic heterocycles. The molecule has 0 aliphatic carbocycles. The third-order valence-electron chi connectivity index (χ3n) is 3.04. The van der Waals surface area contributed by atoms with Crippen LogP contribution in [0.3, 0.4) is 0 Å². The summed E-state index contributed by atoms with van der Waals surface area (Å²) in [6.45, 7) is 2.77. The maximum atomic E-state index is 11.9. The monoisotopic (exact) mass is 310 g/mol. The Balaban J connectivity index is 2.18. The van der Waals surface area contributed by atoms with Crippen molar-refractivity contribution in [1.29, 1.82) is 0 Å². The highest BCUT2D eigenvalue weighted by Gasteiger charge is 2.31. The molecule has 0 spiro atoms. The molecule has 1 amide bonds. The Kier molecular flexibility index (Phi) is 4.59. The third kappa shape index (κ3) is 3.40. The first-order chi connectivity index (χ1) is 9.95. The van der Waals surface area contributed by atoms with E-state index in [4.69, 9.17) is 0 Å². The van der Waals surface area contributed by atoms with Gasteiger partial charge in [0.05, 0.1) is 4.90 Å². The van der Waals surface area contributed by atoms with E-state index in [1.54, 1.807) is 32.2 Å². The first kappa shape index (κ1) is 15.5. The van der Waals surface area contributed by atoms with Gasteiger partial charge >= 0.3 is 0 Å². The maximum Gasteiger partial charge on any atom is 0.263 e. The Hall–Kier alpha value is -1.93. The summed E-state index contributed by atoms with van der Waals surface area (Å²) >= 11 is 0. The van der Waals surface area contributed by atoms with E-state index in [1.807, 2.05) is 0 Å². The quantitative estimate of drug-likeness (QED) is 0.635. The number of fused-ring (bicyclic) bond motifs is 1. The number of amides is 1. The van der Waals surface area contributed by atoms with E-state index in [0.717, 1.165) is 0 Å². The number of amidine groups is 1. The van der Waals surface area contributed by atoms with Crippen molar-refractivity contribution in [3.05, 3.63) is 29.8 Å². The first-order valence-corrected chi connectivity index (χ1v) is 8.06. The van der Waals surface area contributed by atoms with Crippen molar-refractivity contribution in [1.82, 2.24) is 15.4 Å². The van der Waals surface area contributed by atoms with Crippen LogP contribution < -0.4 is 15.4 Å². The lowest BCUT2D eigenvalue weighted by Gasteiger charge is -2.09. The molecule has 2 rings (SSSR count). The zero-order valence-corrected chi connectivity index (χ0v) is 12.7. The number of nitrogens with one attached hydrogen (secondary N) is 3. The van der Waals surface area contributed by atoms with Gasteiger partial charge in [0.2, 0.25) is 5.91 Å². The average molecular weight is 310 g/mol. The Bertz CT molecular complexity index is 670. The normalized spacial score (nSPS) is 18.9. The highest BCUT2D eigenvalue weighted by atomic mass is 32.2. The summed E-state index contributed by atoms with van der Waals surface area (Å²) in [6.07, 6.45) is 0. The summed E-state index contributed by atoms with van der Waals surface area (Å²) in [5, 5.41) is 5.63. The molecular formula is C13H18N4O3S. The zero-order valence-electron chi connectivity index (χ0n) is 11.9. The van der Waals surface area contributed by atoms with Gasteiger partial charge in [-0.15, -0.1) is 0 Å². The lowest BCUT2D eigenvalue weighted by atomic mass is 10.2. The van der Waals surface area contributed by atoms with Gasteiger partial charge in [0.25, 0.3) is 10.0 Å². The molecule has 0 saturated heterocycles. The maximum absolute atomic E-state index is 11.9. The Morgan fingerprint density at radius 1 is 1.33 bits per heavy atom. The highest BCUT2D eigenvalue weighted by molar-refractivity contribution is 7.90. The fourth-order valence-electron chi connectivity index (χ4n) is 1.94. The van der Waals surface area contributed by atoms with Crippen molar-refractivity contribution < 1.29 is 13.2 Å². The number of nitrogens with zero attached hydrogens (tertiary/aromatic N) is 1. The second-order valence-corrected chi connectivity index (χ2v) is 6.30. The minimum absolute atomic E-state index is 0.187. The van der Waals surface area contributed by atoms with E-state index < -0.39 is 16.1 Å². The minimum atomic E-state index is -3.57. The van der Waals surface area contributed by atoms with Crippen molar-refractivity contribution in [3.8, 4) is 0 Å². The number of carbonyl (C=O) groups is 1. The van der Waals surface area contributed by atoms with Crippen LogP contribution in [0.1, 0.15) is 12.5 Å². The molecule has 21 heavy (non-hydrogen) atoms. The number of hydrogen-bond acceptors (Lipinski definition) is 5. The van der Waals surface area contributed by atoms with Crippen molar-refractivity contribution in [2.45, 2.75) is 17.9 Å². The standard InChI is InChI=1S/C13H18N4O3S/c1-9(13(18)15-8-7-14-2)16-12-10-5-3-4-6-11(10)21(19,20)17-12/h3-6,9,14H,7-8H2,1-2H3,(H,15,18)(H,16,17). The van der Waals surface area contributed by atoms with Gasteiger partial charge in [-0.2, -0.15) is 0 Å². The largest absolute Gasteiger partial charge is 0.353 e. The second kappa shape index (κ2) is 6.23. The summed E-state index contributed by atoms with van der Waals surface area (Å²) in [5.74, 6) is -0.0387. The van der Waals surface area contributed by atoms with Crippen LogP contribution in [0.4, 0.5) is 0 Å². The fraction of sp³-hybridized carbons (Fsp3) is 0.385. The number of aliphatic imine (C=N–C) groups is 1. The van der Waals surface area contributed by atoms with Gasteiger partial charge < -0.3 is 10.6 Å². The Labute approximate surface area is 123 Å². The van der Waals surface area contributed by atoms with Crippen molar-refractivity contribution >= 4 is 21.8 Å². The molecule has 1 aromatic rings. The van der Waals surface area contributed by atoms with Crippen LogP contribution in [-0.4, -0.2) is 46.3 Å². The smallest absolute Gasteiger partial charge is 0.263 e. The highest BCUT2D eigenvalue weighted by Crippen LogP contribution is 2.22. The summed E-state index contributed by atoms with van der Waals surface area (Å²) in [4.78, 5) is 16.2. The van der Waals surface area contributed by atoms with E-state index in [-0.39, 0.29) is 16.6 Å². The third-order valence-corrected chi connectivity index (χ3v) is 4.44. The molecular weight excluding hydrogens is 292 g/mol. The number of benzene rings is 1. The molecule has 114 valence electrons. The molecule has 1 aromatic carbocycles. The molecule has 8 heteroatoms. The molecule has 0 aromatic heterocycles. The number of sulfonamides is 1. The molecule has 7 nitrogen and oxygen atoms in total. The molecule has 1 heterocycles. The van der Waals surface area contributed by atoms with Crippen molar-refractivity contribution in [2.75, 3.05) is 20.1 Å². The van der Waals surface area contributed by atoms with Crippen molar-refractivity contribution in [3.63, 3.8) is 0 Å². The van der Waals surface area contributed by atoms with Gasteiger partial charge in [-0.05, 0) is 26.1 Å². The number of carbonyl (C=O) groups excluding carboxylic acids is 1. The zero-order chi connectivity index (χ0) is 15.5. The van der Waals surface area contributed by atoms with Gasteiger partial charge in [-0.25, -0.2) is 8.42 Å². The molecule has 3 N–H and O–H groups in total. The van der Waals surface area contributed by atoms with E-state index in [0.29, 0.717) is 18.7 Å². The van der Waals surface area contributed by atoms with E-state index in [9.17, 15) is 13.2 Å². The summed E-state index contributed by atoms with van der Waals surface area (Å²) in [6, 6.07) is 5.88. The van der Waals surface area contributed by atoms with Crippen LogP contribution in [0, 0.1) is 0 Å². The van der Waals surface area contributed by atoms with Gasteiger partial charge in [-0.1, -0.05) is 12.1 Å². The first-order valence-electron chi connectivity index (χ1n) is 6.58. The predicted octanol–water partition coefficient (Wildman–Crippen LogP) is -0.551. The topological polar surface area (TPSA) is 99.7 Å². The summed E-state index contributed by atoms with van der Waals surface area (Å²) in [7, 11) is -1.78. The van der Waals surface area contributed by atoms with Crippen LogP contribution in [0.2, 0.25) is 0 Å². The second-order valence-electron chi connectivity index (χ2n) is 4.65. The van der Waals surface area contributed by atoms with Crippen LogP contribution in [0.25, 0.3) is 0 Å². The molecule has 0 saturated carbocycles. The van der Waals surface area contributed by atoms with E-state index >= 15 is 0 Å². The van der Waals surface area contributed by atoms with Crippen LogP contribution in [0.15, 0.2) is 34.2 Å². The summed E-state index contributed by atoms with van der Waals surface area (Å²) < 4.78 is 26.2. The molecule has 1 atom stereocenters. The Morgan fingerprint density at radius 2 is 2.05 bits per heavy atom. The molecule has 0 fully saturated rings.